The maximum Gasteiger partial charge on any atom is 0.0973 e. The van der Waals surface area contributed by atoms with E-state index in [-0.39, 0.29) is 0 Å². The highest BCUT2D eigenvalue weighted by Gasteiger charge is 2.17. The molecule has 0 spiro atoms. The van der Waals surface area contributed by atoms with Crippen LogP contribution in [0.15, 0.2) is 61.1 Å². The highest BCUT2D eigenvalue weighted by molar-refractivity contribution is 5.62. The van der Waals surface area contributed by atoms with Gasteiger partial charge in [0, 0.05) is 55.4 Å². The lowest BCUT2D eigenvalue weighted by Gasteiger charge is -2.33. The Labute approximate surface area is 167 Å². The lowest BCUT2D eigenvalue weighted by molar-refractivity contribution is 0.161. The van der Waals surface area contributed by atoms with E-state index in [4.69, 9.17) is 5.10 Å². The SMILES string of the molecule is CC1CCCCN1CCNCc1cn(-c2ccccc2)nc1-c1ccncc1. The Morgan fingerprint density at radius 3 is 2.68 bits per heavy atom. The maximum absolute atomic E-state index is 4.87. The van der Waals surface area contributed by atoms with E-state index in [1.165, 1.54) is 31.4 Å². The van der Waals surface area contributed by atoms with Crippen LogP contribution in [0, 0.1) is 0 Å². The minimum absolute atomic E-state index is 0.712. The van der Waals surface area contributed by atoms with Crippen molar-refractivity contribution in [2.45, 2.75) is 38.8 Å². The van der Waals surface area contributed by atoms with Gasteiger partial charge in [0.2, 0.25) is 0 Å². The van der Waals surface area contributed by atoms with Gasteiger partial charge < -0.3 is 5.32 Å². The molecule has 2 aromatic heterocycles. The summed E-state index contributed by atoms with van der Waals surface area (Å²) >= 11 is 0. The van der Waals surface area contributed by atoms with Crippen LogP contribution in [0.1, 0.15) is 31.7 Å². The molecule has 1 unspecified atom stereocenters. The standard InChI is InChI=1S/C23H29N5/c1-19-7-5-6-15-27(19)16-14-25-17-21-18-28(22-8-3-2-4-9-22)26-23(21)20-10-12-24-13-11-20/h2-4,8-13,18-19,25H,5-7,14-17H2,1H3. The number of piperidine rings is 1. The van der Waals surface area contributed by atoms with Gasteiger partial charge in [-0.25, -0.2) is 4.68 Å². The van der Waals surface area contributed by atoms with Crippen LogP contribution in [0.2, 0.25) is 0 Å². The van der Waals surface area contributed by atoms with Crippen molar-refractivity contribution in [1.29, 1.82) is 0 Å². The summed E-state index contributed by atoms with van der Waals surface area (Å²) in [5, 5.41) is 8.50. The summed E-state index contributed by atoms with van der Waals surface area (Å²) in [5.41, 5.74) is 4.41. The molecule has 146 valence electrons. The minimum atomic E-state index is 0.712. The Morgan fingerprint density at radius 2 is 1.89 bits per heavy atom. The molecule has 3 heterocycles. The van der Waals surface area contributed by atoms with Crippen molar-refractivity contribution in [1.82, 2.24) is 25.0 Å². The zero-order valence-corrected chi connectivity index (χ0v) is 16.6. The Hall–Kier alpha value is -2.50. The molecule has 0 saturated carbocycles. The summed E-state index contributed by atoms with van der Waals surface area (Å²) < 4.78 is 1.97. The zero-order chi connectivity index (χ0) is 19.2. The van der Waals surface area contributed by atoms with Crippen LogP contribution in [-0.2, 0) is 6.54 Å². The second-order valence-electron chi connectivity index (χ2n) is 7.58. The monoisotopic (exact) mass is 375 g/mol. The molecule has 1 fully saturated rings. The van der Waals surface area contributed by atoms with Gasteiger partial charge in [-0.2, -0.15) is 5.10 Å². The van der Waals surface area contributed by atoms with E-state index in [0.29, 0.717) is 6.04 Å². The smallest absolute Gasteiger partial charge is 0.0973 e. The van der Waals surface area contributed by atoms with E-state index in [0.717, 1.165) is 36.6 Å². The average Bonchev–Trinajstić information content (AvgIpc) is 3.18. The normalized spacial score (nSPS) is 17.7. The van der Waals surface area contributed by atoms with Gasteiger partial charge in [-0.1, -0.05) is 24.6 Å². The molecule has 3 aromatic rings. The molecular weight excluding hydrogens is 346 g/mol. The Morgan fingerprint density at radius 1 is 1.07 bits per heavy atom. The Bertz CT molecular complexity index is 859. The van der Waals surface area contributed by atoms with Crippen molar-refractivity contribution >= 4 is 0 Å². The number of para-hydroxylation sites is 1. The highest BCUT2D eigenvalue weighted by atomic mass is 15.3. The maximum atomic E-state index is 4.87. The van der Waals surface area contributed by atoms with E-state index >= 15 is 0 Å². The summed E-state index contributed by atoms with van der Waals surface area (Å²) in [4.78, 5) is 6.75. The van der Waals surface area contributed by atoms with Crippen molar-refractivity contribution in [3.8, 4) is 16.9 Å². The topological polar surface area (TPSA) is 46.0 Å². The molecule has 1 aromatic carbocycles. The number of aromatic nitrogens is 3. The van der Waals surface area contributed by atoms with Gasteiger partial charge in [-0.05, 0) is 50.6 Å². The first-order valence-corrected chi connectivity index (χ1v) is 10.3. The minimum Gasteiger partial charge on any atom is -0.311 e. The summed E-state index contributed by atoms with van der Waals surface area (Å²) in [6.45, 7) is 6.50. The van der Waals surface area contributed by atoms with Gasteiger partial charge in [0.1, 0.15) is 0 Å². The average molecular weight is 376 g/mol. The fourth-order valence-electron chi connectivity index (χ4n) is 3.94. The number of pyridine rings is 1. The summed E-state index contributed by atoms with van der Waals surface area (Å²) in [7, 11) is 0. The third-order valence-electron chi connectivity index (χ3n) is 5.60. The summed E-state index contributed by atoms with van der Waals surface area (Å²) in [5.74, 6) is 0. The summed E-state index contributed by atoms with van der Waals surface area (Å²) in [6, 6.07) is 15.0. The molecule has 1 saturated heterocycles. The molecule has 0 aliphatic carbocycles. The second kappa shape index (κ2) is 9.13. The number of nitrogens with zero attached hydrogens (tertiary/aromatic N) is 4. The van der Waals surface area contributed by atoms with Crippen molar-refractivity contribution < 1.29 is 0 Å². The lowest BCUT2D eigenvalue weighted by Crippen LogP contribution is -2.41. The van der Waals surface area contributed by atoms with Crippen LogP contribution in [0.3, 0.4) is 0 Å². The van der Waals surface area contributed by atoms with E-state index in [9.17, 15) is 0 Å². The molecule has 0 radical (unpaired) electrons. The molecule has 5 heteroatoms. The molecular formula is C23H29N5. The van der Waals surface area contributed by atoms with Gasteiger partial charge >= 0.3 is 0 Å². The largest absolute Gasteiger partial charge is 0.311 e. The van der Waals surface area contributed by atoms with Gasteiger partial charge in [-0.3, -0.25) is 9.88 Å². The van der Waals surface area contributed by atoms with Crippen molar-refractivity contribution in [2.24, 2.45) is 0 Å². The van der Waals surface area contributed by atoms with Crippen molar-refractivity contribution in [2.75, 3.05) is 19.6 Å². The molecule has 4 rings (SSSR count). The van der Waals surface area contributed by atoms with Gasteiger partial charge in [0.25, 0.3) is 0 Å². The number of hydrogen-bond donors (Lipinski definition) is 1. The van der Waals surface area contributed by atoms with Crippen molar-refractivity contribution in [3.05, 3.63) is 66.6 Å². The second-order valence-corrected chi connectivity index (χ2v) is 7.58. The molecule has 1 aliphatic rings. The third kappa shape index (κ3) is 4.49. The number of rotatable bonds is 7. The fourth-order valence-corrected chi connectivity index (χ4v) is 3.94. The van der Waals surface area contributed by atoms with Crippen LogP contribution in [0.4, 0.5) is 0 Å². The van der Waals surface area contributed by atoms with Gasteiger partial charge in [0.05, 0.1) is 11.4 Å². The molecule has 5 nitrogen and oxygen atoms in total. The first-order valence-electron chi connectivity index (χ1n) is 10.3. The number of likely N-dealkylation sites (tertiary alicyclic amines) is 1. The molecule has 28 heavy (non-hydrogen) atoms. The van der Waals surface area contributed by atoms with Gasteiger partial charge in [0.15, 0.2) is 0 Å². The molecule has 1 aliphatic heterocycles. The van der Waals surface area contributed by atoms with E-state index in [1.54, 1.807) is 0 Å². The first-order chi connectivity index (χ1) is 13.8. The first kappa shape index (κ1) is 18.8. The Balaban J connectivity index is 1.46. The predicted molar refractivity (Wildman–Crippen MR) is 113 cm³/mol. The van der Waals surface area contributed by atoms with Crippen LogP contribution < -0.4 is 5.32 Å². The molecule has 0 bridgehead atoms. The van der Waals surface area contributed by atoms with Crippen LogP contribution >= 0.6 is 0 Å². The van der Waals surface area contributed by atoms with E-state index in [1.807, 2.05) is 47.4 Å². The van der Waals surface area contributed by atoms with Gasteiger partial charge in [-0.15, -0.1) is 0 Å². The summed E-state index contributed by atoms with van der Waals surface area (Å²) in [6.07, 6.45) is 9.83. The lowest BCUT2D eigenvalue weighted by atomic mass is 10.0. The highest BCUT2D eigenvalue weighted by Crippen LogP contribution is 2.23. The van der Waals surface area contributed by atoms with E-state index < -0.39 is 0 Å². The number of hydrogen-bond acceptors (Lipinski definition) is 4. The number of nitrogens with one attached hydrogen (secondary N) is 1. The van der Waals surface area contributed by atoms with Crippen molar-refractivity contribution in [3.63, 3.8) is 0 Å². The quantitative estimate of drug-likeness (QED) is 0.636. The van der Waals surface area contributed by atoms with E-state index in [2.05, 4.69) is 40.5 Å². The zero-order valence-electron chi connectivity index (χ0n) is 16.6. The number of benzene rings is 1. The van der Waals surface area contributed by atoms with Crippen LogP contribution in [0.25, 0.3) is 16.9 Å². The molecule has 1 N–H and O–H groups in total. The predicted octanol–water partition coefficient (Wildman–Crippen LogP) is 3.90. The van der Waals surface area contributed by atoms with Crippen LogP contribution in [0.5, 0.6) is 0 Å². The fraction of sp³-hybridized carbons (Fsp3) is 0.391. The van der Waals surface area contributed by atoms with Crippen LogP contribution in [-0.4, -0.2) is 45.3 Å². The Kier molecular flexibility index (Phi) is 6.14. The molecule has 0 amide bonds. The third-order valence-corrected chi connectivity index (χ3v) is 5.60. The molecule has 1 atom stereocenters.